The summed E-state index contributed by atoms with van der Waals surface area (Å²) in [7, 11) is -3.12. The molecule has 0 aliphatic heterocycles. The van der Waals surface area contributed by atoms with E-state index in [9.17, 15) is 26.4 Å². The van der Waals surface area contributed by atoms with Crippen LogP contribution in [0.1, 0.15) is 10.4 Å². The molecule has 0 atom stereocenters. The number of hydrogen-bond acceptors (Lipinski definition) is 4. The number of sulfonamides is 1. The van der Waals surface area contributed by atoms with E-state index in [0.29, 0.717) is 0 Å². The summed E-state index contributed by atoms with van der Waals surface area (Å²) >= 11 is 0. The van der Waals surface area contributed by atoms with Crippen LogP contribution in [0.15, 0.2) is 29.2 Å². The molecule has 1 aromatic carbocycles. The average molecular weight is 340 g/mol. The molecule has 6 nitrogen and oxygen atoms in total. The van der Waals surface area contributed by atoms with Crippen molar-refractivity contribution in [3.63, 3.8) is 0 Å². The van der Waals surface area contributed by atoms with Gasteiger partial charge in [0.25, 0.3) is 0 Å². The predicted molar refractivity (Wildman–Crippen MR) is 71.6 cm³/mol. The Labute approximate surface area is 125 Å². The fraction of sp³-hybridized carbons (Fsp3) is 0.417. The second-order valence-electron chi connectivity index (χ2n) is 4.34. The molecule has 1 rings (SSSR count). The van der Waals surface area contributed by atoms with Crippen LogP contribution in [0.2, 0.25) is 0 Å². The van der Waals surface area contributed by atoms with Gasteiger partial charge >= 0.3 is 6.18 Å². The number of hydrogen-bond donors (Lipinski definition) is 1. The molecule has 0 fully saturated rings. The molecule has 0 radical (unpaired) electrons. The summed E-state index contributed by atoms with van der Waals surface area (Å²) in [4.78, 5) is 10.6. The number of nitrogens with zero attached hydrogens (tertiary/aromatic N) is 1. The summed E-state index contributed by atoms with van der Waals surface area (Å²) in [5.74, 6) is -0.768. The van der Waals surface area contributed by atoms with E-state index in [1.165, 1.54) is 7.11 Å². The van der Waals surface area contributed by atoms with E-state index in [1.807, 2.05) is 0 Å². The fourth-order valence-electron chi connectivity index (χ4n) is 1.62. The van der Waals surface area contributed by atoms with E-state index in [-0.39, 0.29) is 21.4 Å². The average Bonchev–Trinajstić information content (AvgIpc) is 2.42. The van der Waals surface area contributed by atoms with Gasteiger partial charge in [-0.05, 0) is 24.3 Å². The second kappa shape index (κ2) is 7.07. The first-order valence-corrected chi connectivity index (χ1v) is 7.47. The number of nitrogens with two attached hydrogens (primary N) is 1. The molecule has 1 amide bonds. The van der Waals surface area contributed by atoms with E-state index in [4.69, 9.17) is 5.73 Å². The van der Waals surface area contributed by atoms with Crippen molar-refractivity contribution >= 4 is 15.9 Å². The molecular formula is C12H15F3N2O4S. The van der Waals surface area contributed by atoms with Crippen molar-refractivity contribution in [1.29, 1.82) is 0 Å². The van der Waals surface area contributed by atoms with Crippen molar-refractivity contribution in [2.45, 2.75) is 11.1 Å². The van der Waals surface area contributed by atoms with Crippen LogP contribution in [0.5, 0.6) is 0 Å². The molecule has 0 aliphatic rings. The van der Waals surface area contributed by atoms with Gasteiger partial charge in [-0.3, -0.25) is 4.79 Å². The Morgan fingerprint density at radius 1 is 1.27 bits per heavy atom. The van der Waals surface area contributed by atoms with E-state index < -0.39 is 35.2 Å². The monoisotopic (exact) mass is 340 g/mol. The number of rotatable bonds is 7. The molecule has 0 aromatic heterocycles. The third-order valence-electron chi connectivity index (χ3n) is 2.68. The van der Waals surface area contributed by atoms with Crippen LogP contribution in [-0.2, 0) is 14.8 Å². The van der Waals surface area contributed by atoms with Gasteiger partial charge < -0.3 is 10.5 Å². The minimum Gasteiger partial charge on any atom is -0.383 e. The Morgan fingerprint density at radius 3 is 2.23 bits per heavy atom. The molecule has 0 bridgehead atoms. The molecule has 0 aliphatic carbocycles. The zero-order valence-electron chi connectivity index (χ0n) is 11.6. The van der Waals surface area contributed by atoms with Crippen molar-refractivity contribution in [3.05, 3.63) is 29.8 Å². The molecule has 124 valence electrons. The number of ether oxygens (including phenoxy) is 1. The van der Waals surface area contributed by atoms with Crippen molar-refractivity contribution in [2.24, 2.45) is 5.73 Å². The van der Waals surface area contributed by atoms with Gasteiger partial charge in [0, 0.05) is 19.2 Å². The Bertz CT molecular complexity index is 614. The van der Waals surface area contributed by atoms with Gasteiger partial charge in [-0.25, -0.2) is 8.42 Å². The Morgan fingerprint density at radius 2 is 1.82 bits per heavy atom. The predicted octanol–water partition coefficient (Wildman–Crippen LogP) is 0.985. The van der Waals surface area contributed by atoms with Crippen LogP contribution in [0.25, 0.3) is 0 Å². The lowest BCUT2D eigenvalue weighted by molar-refractivity contribution is -0.136. The Hall–Kier alpha value is -1.65. The number of halogens is 3. The lowest BCUT2D eigenvalue weighted by Gasteiger charge is -2.23. The molecule has 0 unspecified atom stereocenters. The molecule has 0 saturated heterocycles. The minimum absolute atomic E-state index is 0.0539. The number of carbonyl (C=O) groups is 1. The normalized spacial score (nSPS) is 12.6. The zero-order chi connectivity index (χ0) is 17.0. The summed E-state index contributed by atoms with van der Waals surface area (Å²) in [6.07, 6.45) is -4.69. The van der Waals surface area contributed by atoms with Crippen LogP contribution in [0.3, 0.4) is 0 Å². The van der Waals surface area contributed by atoms with Crippen LogP contribution in [0.4, 0.5) is 13.2 Å². The third kappa shape index (κ3) is 4.97. The summed E-state index contributed by atoms with van der Waals surface area (Å²) in [5, 5.41) is 0. The van der Waals surface area contributed by atoms with Gasteiger partial charge in [0.15, 0.2) is 0 Å². The number of carbonyl (C=O) groups excluding carboxylic acids is 1. The highest BCUT2D eigenvalue weighted by atomic mass is 32.2. The second-order valence-corrected chi connectivity index (χ2v) is 6.27. The highest BCUT2D eigenvalue weighted by Crippen LogP contribution is 2.22. The summed E-state index contributed by atoms with van der Waals surface area (Å²) in [5.41, 5.74) is 5.07. The smallest absolute Gasteiger partial charge is 0.383 e. The van der Waals surface area contributed by atoms with Crippen molar-refractivity contribution in [2.75, 3.05) is 26.8 Å². The van der Waals surface area contributed by atoms with E-state index in [1.54, 1.807) is 0 Å². The maximum Gasteiger partial charge on any atom is 0.402 e. The van der Waals surface area contributed by atoms with Crippen molar-refractivity contribution in [3.8, 4) is 0 Å². The number of benzene rings is 1. The zero-order valence-corrected chi connectivity index (χ0v) is 12.4. The first-order chi connectivity index (χ1) is 10.1. The largest absolute Gasteiger partial charge is 0.402 e. The molecule has 22 heavy (non-hydrogen) atoms. The molecule has 10 heteroatoms. The van der Waals surface area contributed by atoms with Crippen molar-refractivity contribution < 1.29 is 31.1 Å². The molecule has 0 heterocycles. The highest BCUT2D eigenvalue weighted by molar-refractivity contribution is 7.89. The van der Waals surface area contributed by atoms with Crippen molar-refractivity contribution in [1.82, 2.24) is 4.31 Å². The third-order valence-corrected chi connectivity index (χ3v) is 4.54. The quantitative estimate of drug-likeness (QED) is 0.801. The Kier molecular flexibility index (Phi) is 5.92. The maximum absolute atomic E-state index is 12.5. The molecule has 1 aromatic rings. The summed E-state index contributed by atoms with van der Waals surface area (Å²) in [6.45, 7) is -2.26. The Balaban J connectivity index is 3.11. The molecular weight excluding hydrogens is 325 g/mol. The number of amides is 1. The van der Waals surface area contributed by atoms with Gasteiger partial charge in [-0.15, -0.1) is 0 Å². The molecule has 2 N–H and O–H groups in total. The van der Waals surface area contributed by atoms with Gasteiger partial charge in [0.05, 0.1) is 11.5 Å². The highest BCUT2D eigenvalue weighted by Gasteiger charge is 2.36. The first-order valence-electron chi connectivity index (χ1n) is 6.03. The van der Waals surface area contributed by atoms with Gasteiger partial charge in [0.1, 0.15) is 6.54 Å². The topological polar surface area (TPSA) is 89.7 Å². The van der Waals surface area contributed by atoms with Gasteiger partial charge in [-0.1, -0.05) is 0 Å². The standard InChI is InChI=1S/C12H15F3N2O4S/c1-21-7-6-17(8-12(13,14)15)22(19,20)10-4-2-9(3-5-10)11(16)18/h2-5H,6-8H2,1H3,(H2,16,18). The first kappa shape index (κ1) is 18.4. The molecule has 0 spiro atoms. The van der Waals surface area contributed by atoms with Gasteiger partial charge in [0.2, 0.25) is 15.9 Å². The summed E-state index contributed by atoms with van der Waals surface area (Å²) < 4.78 is 67.0. The van der Waals surface area contributed by atoms with E-state index >= 15 is 0 Å². The lowest BCUT2D eigenvalue weighted by atomic mass is 10.2. The number of methoxy groups -OCH3 is 1. The SMILES string of the molecule is COCCN(CC(F)(F)F)S(=O)(=O)c1ccc(C(N)=O)cc1. The lowest BCUT2D eigenvalue weighted by Crippen LogP contribution is -2.40. The van der Waals surface area contributed by atoms with E-state index in [2.05, 4.69) is 4.74 Å². The minimum atomic E-state index is -4.69. The number of alkyl halides is 3. The van der Waals surface area contributed by atoms with E-state index in [0.717, 1.165) is 24.3 Å². The van der Waals surface area contributed by atoms with Crippen LogP contribution in [0, 0.1) is 0 Å². The van der Waals surface area contributed by atoms with Crippen LogP contribution >= 0.6 is 0 Å². The fourth-order valence-corrected chi connectivity index (χ4v) is 3.03. The van der Waals surface area contributed by atoms with Crippen LogP contribution < -0.4 is 5.73 Å². The number of primary amides is 1. The maximum atomic E-state index is 12.5. The molecule has 0 saturated carbocycles. The van der Waals surface area contributed by atoms with Crippen LogP contribution in [-0.4, -0.2) is 51.6 Å². The van der Waals surface area contributed by atoms with Gasteiger partial charge in [-0.2, -0.15) is 17.5 Å². The summed E-state index contributed by atoms with van der Waals surface area (Å²) in [6, 6.07) is 4.34.